The number of hydrogen-bond donors (Lipinski definition) is 1. The highest BCUT2D eigenvalue weighted by atomic mass is 19.1. The zero-order valence-electron chi connectivity index (χ0n) is 10.6. The smallest absolute Gasteiger partial charge is 0.165 e. The molecule has 0 aliphatic heterocycles. The topological polar surface area (TPSA) is 30.5 Å². The van der Waals surface area contributed by atoms with Gasteiger partial charge in [-0.2, -0.15) is 0 Å². The zero-order chi connectivity index (χ0) is 12.7. The van der Waals surface area contributed by atoms with Crippen LogP contribution in [0.1, 0.15) is 24.9 Å². The van der Waals surface area contributed by atoms with E-state index in [2.05, 4.69) is 5.32 Å². The molecule has 4 heteroatoms. The van der Waals surface area contributed by atoms with E-state index in [1.165, 1.54) is 13.2 Å². The Kier molecular flexibility index (Phi) is 5.94. The molecule has 3 nitrogen and oxygen atoms in total. The van der Waals surface area contributed by atoms with Crippen molar-refractivity contribution in [3.63, 3.8) is 0 Å². The summed E-state index contributed by atoms with van der Waals surface area (Å²) in [7, 11) is 3.16. The van der Waals surface area contributed by atoms with Crippen LogP contribution in [0.2, 0.25) is 0 Å². The lowest BCUT2D eigenvalue weighted by atomic mass is 10.1. The molecule has 0 saturated carbocycles. The molecule has 1 N–H and O–H groups in total. The van der Waals surface area contributed by atoms with Gasteiger partial charge in [0.1, 0.15) is 0 Å². The van der Waals surface area contributed by atoms with Crippen molar-refractivity contribution in [2.24, 2.45) is 0 Å². The summed E-state index contributed by atoms with van der Waals surface area (Å²) in [5, 5.41) is 3.35. The van der Waals surface area contributed by atoms with Gasteiger partial charge in [-0.05, 0) is 37.6 Å². The third-order valence-corrected chi connectivity index (χ3v) is 2.65. The molecule has 96 valence electrons. The molecule has 0 fully saturated rings. The van der Waals surface area contributed by atoms with Gasteiger partial charge in [-0.1, -0.05) is 6.07 Å². The number of rotatable bonds is 7. The van der Waals surface area contributed by atoms with Crippen LogP contribution in [0.4, 0.5) is 4.39 Å². The zero-order valence-corrected chi connectivity index (χ0v) is 10.6. The summed E-state index contributed by atoms with van der Waals surface area (Å²) in [5.74, 6) is -0.0455. The quantitative estimate of drug-likeness (QED) is 0.744. The van der Waals surface area contributed by atoms with Crippen LogP contribution in [0.5, 0.6) is 5.75 Å². The lowest BCUT2D eigenvalue weighted by Crippen LogP contribution is -2.20. The number of halogens is 1. The number of methoxy groups -OCH3 is 2. The standard InChI is InChI=1S/C13H20FNO2/c1-10(15-7-4-8-16-2)11-5-6-12(14)13(9-11)17-3/h5-6,9-10,15H,4,7-8H2,1-3H3. The third kappa shape index (κ3) is 4.32. The monoisotopic (exact) mass is 241 g/mol. The minimum atomic E-state index is -0.331. The van der Waals surface area contributed by atoms with Gasteiger partial charge >= 0.3 is 0 Å². The van der Waals surface area contributed by atoms with Crippen molar-refractivity contribution in [2.75, 3.05) is 27.4 Å². The fourth-order valence-electron chi connectivity index (χ4n) is 1.60. The lowest BCUT2D eigenvalue weighted by Gasteiger charge is -2.15. The molecule has 0 aliphatic carbocycles. The van der Waals surface area contributed by atoms with E-state index in [4.69, 9.17) is 9.47 Å². The van der Waals surface area contributed by atoms with Crippen LogP contribution in [0.25, 0.3) is 0 Å². The summed E-state index contributed by atoms with van der Waals surface area (Å²) in [4.78, 5) is 0. The summed E-state index contributed by atoms with van der Waals surface area (Å²) < 4.78 is 23.2. The first kappa shape index (κ1) is 13.9. The van der Waals surface area contributed by atoms with Gasteiger partial charge in [0, 0.05) is 19.8 Å². The van der Waals surface area contributed by atoms with E-state index in [1.54, 1.807) is 19.2 Å². The number of nitrogens with one attached hydrogen (secondary N) is 1. The van der Waals surface area contributed by atoms with Crippen molar-refractivity contribution in [1.82, 2.24) is 5.32 Å². The number of hydrogen-bond acceptors (Lipinski definition) is 3. The van der Waals surface area contributed by atoms with Crippen molar-refractivity contribution >= 4 is 0 Å². The van der Waals surface area contributed by atoms with E-state index in [0.29, 0.717) is 0 Å². The average Bonchev–Trinajstić information content (AvgIpc) is 2.35. The van der Waals surface area contributed by atoms with Crippen LogP contribution in [-0.2, 0) is 4.74 Å². The van der Waals surface area contributed by atoms with E-state index in [-0.39, 0.29) is 17.6 Å². The highest BCUT2D eigenvalue weighted by Crippen LogP contribution is 2.22. The minimum absolute atomic E-state index is 0.168. The van der Waals surface area contributed by atoms with E-state index in [9.17, 15) is 4.39 Å². The predicted molar refractivity (Wildman–Crippen MR) is 65.9 cm³/mol. The summed E-state index contributed by atoms with van der Waals surface area (Å²) in [6.45, 7) is 3.65. The molecule has 0 aromatic heterocycles. The summed E-state index contributed by atoms with van der Waals surface area (Å²) in [6.07, 6.45) is 0.958. The summed E-state index contributed by atoms with van der Waals surface area (Å²) in [6, 6.07) is 5.10. The van der Waals surface area contributed by atoms with Gasteiger partial charge in [-0.3, -0.25) is 0 Å². The molecule has 1 rings (SSSR count). The second kappa shape index (κ2) is 7.25. The first-order valence-electron chi connectivity index (χ1n) is 5.74. The molecule has 0 spiro atoms. The van der Waals surface area contributed by atoms with Gasteiger partial charge in [0.25, 0.3) is 0 Å². The Morgan fingerprint density at radius 1 is 1.35 bits per heavy atom. The molecule has 1 aromatic carbocycles. The third-order valence-electron chi connectivity index (χ3n) is 2.65. The Bertz CT molecular complexity index is 344. The van der Waals surface area contributed by atoms with Crippen molar-refractivity contribution in [3.8, 4) is 5.75 Å². The van der Waals surface area contributed by atoms with Gasteiger partial charge in [0.05, 0.1) is 7.11 Å². The summed E-state index contributed by atoms with van der Waals surface area (Å²) in [5.41, 5.74) is 1.01. The molecule has 0 saturated heterocycles. The largest absolute Gasteiger partial charge is 0.494 e. The predicted octanol–water partition coefficient (Wildman–Crippen LogP) is 2.52. The number of benzene rings is 1. The molecule has 0 amide bonds. The van der Waals surface area contributed by atoms with Crippen molar-refractivity contribution in [1.29, 1.82) is 0 Å². The van der Waals surface area contributed by atoms with E-state index >= 15 is 0 Å². The first-order chi connectivity index (χ1) is 8.19. The lowest BCUT2D eigenvalue weighted by molar-refractivity contribution is 0.193. The average molecular weight is 241 g/mol. The fraction of sp³-hybridized carbons (Fsp3) is 0.538. The van der Waals surface area contributed by atoms with Gasteiger partial charge in [-0.25, -0.2) is 4.39 Å². The molecular weight excluding hydrogens is 221 g/mol. The van der Waals surface area contributed by atoms with E-state index in [1.807, 2.05) is 6.92 Å². The second-order valence-electron chi connectivity index (χ2n) is 3.92. The van der Waals surface area contributed by atoms with Crippen molar-refractivity contribution in [2.45, 2.75) is 19.4 Å². The maximum absolute atomic E-state index is 13.2. The van der Waals surface area contributed by atoms with Crippen molar-refractivity contribution in [3.05, 3.63) is 29.6 Å². The minimum Gasteiger partial charge on any atom is -0.494 e. The molecule has 17 heavy (non-hydrogen) atoms. The normalized spacial score (nSPS) is 12.5. The molecule has 0 radical (unpaired) electrons. The van der Waals surface area contributed by atoms with Gasteiger partial charge < -0.3 is 14.8 Å². The molecule has 0 bridgehead atoms. The molecule has 1 atom stereocenters. The Labute approximate surface area is 102 Å². The van der Waals surface area contributed by atoms with E-state index < -0.39 is 0 Å². The second-order valence-corrected chi connectivity index (χ2v) is 3.92. The molecule has 0 aliphatic rings. The maximum Gasteiger partial charge on any atom is 0.165 e. The van der Waals surface area contributed by atoms with Crippen LogP contribution in [0.3, 0.4) is 0 Å². The Morgan fingerprint density at radius 2 is 2.12 bits per heavy atom. The Hall–Kier alpha value is -1.13. The van der Waals surface area contributed by atoms with Gasteiger partial charge in [0.2, 0.25) is 0 Å². The summed E-state index contributed by atoms with van der Waals surface area (Å²) >= 11 is 0. The number of ether oxygens (including phenoxy) is 2. The van der Waals surface area contributed by atoms with Crippen LogP contribution in [0.15, 0.2) is 18.2 Å². The fourth-order valence-corrected chi connectivity index (χ4v) is 1.60. The highest BCUT2D eigenvalue weighted by molar-refractivity contribution is 5.31. The Morgan fingerprint density at radius 3 is 2.76 bits per heavy atom. The van der Waals surface area contributed by atoms with Crippen LogP contribution in [0, 0.1) is 5.82 Å². The SMILES string of the molecule is COCCCNC(C)c1ccc(F)c(OC)c1. The van der Waals surface area contributed by atoms with Crippen LogP contribution in [-0.4, -0.2) is 27.4 Å². The maximum atomic E-state index is 13.2. The van der Waals surface area contributed by atoms with Crippen molar-refractivity contribution < 1.29 is 13.9 Å². The van der Waals surface area contributed by atoms with E-state index in [0.717, 1.165) is 25.1 Å². The van der Waals surface area contributed by atoms with Crippen LogP contribution < -0.4 is 10.1 Å². The highest BCUT2D eigenvalue weighted by Gasteiger charge is 2.08. The molecule has 1 unspecified atom stereocenters. The van der Waals surface area contributed by atoms with Gasteiger partial charge in [0.15, 0.2) is 11.6 Å². The van der Waals surface area contributed by atoms with Gasteiger partial charge in [-0.15, -0.1) is 0 Å². The first-order valence-corrected chi connectivity index (χ1v) is 5.74. The van der Waals surface area contributed by atoms with Crippen LogP contribution >= 0.6 is 0 Å². The molecule has 1 aromatic rings. The molecule has 0 heterocycles. The Balaban J connectivity index is 2.53. The molecular formula is C13H20FNO2.